The molecular formula is C78H146NO8+. The molecule has 0 aromatic carbocycles. The first-order valence-corrected chi connectivity index (χ1v) is 37.8. The lowest BCUT2D eigenvalue weighted by atomic mass is 10.0. The van der Waals surface area contributed by atoms with E-state index in [4.69, 9.17) is 18.9 Å². The number of esters is 2. The molecule has 510 valence electrons. The summed E-state index contributed by atoms with van der Waals surface area (Å²) in [6.45, 7) is 4.92. The normalized spacial score (nSPS) is 12.9. The highest BCUT2D eigenvalue weighted by molar-refractivity contribution is 5.71. The lowest BCUT2D eigenvalue weighted by Crippen LogP contribution is -2.40. The summed E-state index contributed by atoms with van der Waals surface area (Å²) in [7, 11) is 5.99. The van der Waals surface area contributed by atoms with E-state index in [1.807, 2.05) is 21.1 Å². The van der Waals surface area contributed by atoms with Crippen molar-refractivity contribution in [3.8, 4) is 0 Å². The summed E-state index contributed by atoms with van der Waals surface area (Å²) < 4.78 is 23.0. The molecule has 0 saturated heterocycles. The van der Waals surface area contributed by atoms with Gasteiger partial charge in [0.25, 0.3) is 6.29 Å². The summed E-state index contributed by atoms with van der Waals surface area (Å²) in [4.78, 5) is 37.7. The zero-order chi connectivity index (χ0) is 63.3. The number of unbranched alkanes of at least 4 members (excludes halogenated alkanes) is 48. The molecule has 9 heteroatoms. The smallest absolute Gasteiger partial charge is 0.361 e. The van der Waals surface area contributed by atoms with Crippen LogP contribution >= 0.6 is 0 Å². The SMILES string of the molecule is CCCCCCC/C=C\C/C=C\CCCCCCCCCCCCCCCCCCCCCCCCCCCC(=O)OC(COC(=O)CCCCCCCCCCCCCCC/C=C\C/C=C\CCCCCCC)COC(OCC[N+](C)(C)C)C(=O)O. The van der Waals surface area contributed by atoms with Gasteiger partial charge in [-0.05, 0) is 77.0 Å². The Morgan fingerprint density at radius 1 is 0.345 bits per heavy atom. The highest BCUT2D eigenvalue weighted by atomic mass is 16.7. The van der Waals surface area contributed by atoms with Crippen molar-refractivity contribution in [3.63, 3.8) is 0 Å². The summed E-state index contributed by atoms with van der Waals surface area (Å²) in [5, 5.41) is 9.76. The maximum Gasteiger partial charge on any atom is 0.361 e. The van der Waals surface area contributed by atoms with Crippen LogP contribution in [0, 0.1) is 0 Å². The molecule has 2 unspecified atom stereocenters. The van der Waals surface area contributed by atoms with Gasteiger partial charge < -0.3 is 28.5 Å². The van der Waals surface area contributed by atoms with E-state index in [-0.39, 0.29) is 38.2 Å². The number of aliphatic carboxylic acids is 1. The average Bonchev–Trinajstić information content (AvgIpc) is 3.57. The fraction of sp³-hybridized carbons (Fsp3) is 0.859. The van der Waals surface area contributed by atoms with Crippen LogP contribution in [0.4, 0.5) is 0 Å². The van der Waals surface area contributed by atoms with Crippen molar-refractivity contribution in [1.29, 1.82) is 0 Å². The standard InChI is InChI=1S/C78H145NO8/c1-6-8-10-12-14-16-18-20-22-24-26-28-30-32-33-34-35-36-37-38-39-40-41-42-43-45-47-49-51-53-55-57-59-61-63-65-67-69-76(81)87-74(73-86-78(77(82)83)84-71-70-79(3,4)5)72-85-75(80)68-66-64-62-60-58-56-54-52-50-48-46-44-31-29-27-25-23-21-19-17-15-13-11-9-7-2/h18-21,24-27,74,78H,6-17,22-23,28-73H2,1-5H3/p+1/b20-18-,21-19-,26-24-,27-25-. The van der Waals surface area contributed by atoms with Gasteiger partial charge >= 0.3 is 17.9 Å². The van der Waals surface area contributed by atoms with Crippen LogP contribution in [0.2, 0.25) is 0 Å². The molecule has 0 radical (unpaired) electrons. The minimum absolute atomic E-state index is 0.178. The summed E-state index contributed by atoms with van der Waals surface area (Å²) in [5.41, 5.74) is 0. The Morgan fingerprint density at radius 3 is 0.908 bits per heavy atom. The number of hydrogen-bond acceptors (Lipinski definition) is 7. The molecule has 0 aliphatic heterocycles. The third-order valence-corrected chi connectivity index (χ3v) is 17.1. The van der Waals surface area contributed by atoms with Crippen molar-refractivity contribution < 1.29 is 42.9 Å². The molecule has 0 aliphatic rings. The molecule has 0 aromatic heterocycles. The van der Waals surface area contributed by atoms with E-state index in [0.717, 1.165) is 51.4 Å². The fourth-order valence-electron chi connectivity index (χ4n) is 11.3. The molecule has 9 nitrogen and oxygen atoms in total. The summed E-state index contributed by atoms with van der Waals surface area (Å²) in [6.07, 6.45) is 86.8. The van der Waals surface area contributed by atoms with Gasteiger partial charge in [-0.1, -0.05) is 332 Å². The van der Waals surface area contributed by atoms with Crippen molar-refractivity contribution >= 4 is 17.9 Å². The quantitative estimate of drug-likeness (QED) is 0.0211. The van der Waals surface area contributed by atoms with E-state index in [1.165, 1.54) is 295 Å². The second-order valence-electron chi connectivity index (χ2n) is 27.0. The van der Waals surface area contributed by atoms with Crippen LogP contribution in [-0.2, 0) is 33.3 Å². The van der Waals surface area contributed by atoms with E-state index in [2.05, 4.69) is 62.5 Å². The zero-order valence-electron chi connectivity index (χ0n) is 58.5. The topological polar surface area (TPSA) is 108 Å². The molecule has 2 atom stereocenters. The van der Waals surface area contributed by atoms with E-state index >= 15 is 0 Å². The molecule has 0 amide bonds. The van der Waals surface area contributed by atoms with Crippen LogP contribution in [0.15, 0.2) is 48.6 Å². The van der Waals surface area contributed by atoms with Crippen LogP contribution in [0.5, 0.6) is 0 Å². The van der Waals surface area contributed by atoms with Crippen molar-refractivity contribution in [1.82, 2.24) is 0 Å². The number of rotatable bonds is 71. The van der Waals surface area contributed by atoms with Gasteiger partial charge in [-0.2, -0.15) is 0 Å². The lowest BCUT2D eigenvalue weighted by molar-refractivity contribution is -0.870. The van der Waals surface area contributed by atoms with Gasteiger partial charge in [0.2, 0.25) is 0 Å². The lowest BCUT2D eigenvalue weighted by Gasteiger charge is -2.25. The number of quaternary nitrogens is 1. The van der Waals surface area contributed by atoms with Crippen LogP contribution in [0.25, 0.3) is 0 Å². The Labute approximate surface area is 540 Å². The van der Waals surface area contributed by atoms with Gasteiger partial charge in [0, 0.05) is 12.8 Å². The maximum atomic E-state index is 13.0. The molecule has 0 heterocycles. The first-order valence-electron chi connectivity index (χ1n) is 37.8. The largest absolute Gasteiger partial charge is 0.477 e. The minimum atomic E-state index is -1.51. The van der Waals surface area contributed by atoms with Crippen LogP contribution in [0.1, 0.15) is 373 Å². The Kier molecular flexibility index (Phi) is 67.0. The third kappa shape index (κ3) is 70.6. The Morgan fingerprint density at radius 2 is 0.621 bits per heavy atom. The number of ether oxygens (including phenoxy) is 4. The number of carboxylic acid groups (broad SMARTS) is 1. The van der Waals surface area contributed by atoms with Crippen molar-refractivity contribution in [2.75, 3.05) is 47.5 Å². The number of carbonyl (C=O) groups is 3. The highest BCUT2D eigenvalue weighted by Crippen LogP contribution is 2.19. The van der Waals surface area contributed by atoms with Crippen molar-refractivity contribution in [3.05, 3.63) is 48.6 Å². The number of carbonyl (C=O) groups excluding carboxylic acids is 2. The van der Waals surface area contributed by atoms with E-state index in [0.29, 0.717) is 17.4 Å². The second kappa shape index (κ2) is 69.1. The third-order valence-electron chi connectivity index (χ3n) is 17.1. The number of likely N-dealkylation sites (N-methyl/N-ethyl adjacent to an activating group) is 1. The van der Waals surface area contributed by atoms with E-state index < -0.39 is 18.4 Å². The van der Waals surface area contributed by atoms with Gasteiger partial charge in [-0.25, -0.2) is 4.79 Å². The first-order chi connectivity index (χ1) is 42.6. The molecule has 0 aromatic rings. The van der Waals surface area contributed by atoms with Gasteiger partial charge in [0.1, 0.15) is 13.2 Å². The van der Waals surface area contributed by atoms with Gasteiger partial charge in [0.15, 0.2) is 6.10 Å². The van der Waals surface area contributed by atoms with Crippen molar-refractivity contribution in [2.24, 2.45) is 0 Å². The van der Waals surface area contributed by atoms with Crippen LogP contribution < -0.4 is 0 Å². The van der Waals surface area contributed by atoms with Gasteiger partial charge in [-0.15, -0.1) is 0 Å². The second-order valence-corrected chi connectivity index (χ2v) is 27.0. The number of hydrogen-bond donors (Lipinski definition) is 1. The Hall–Kier alpha value is -2.75. The number of allylic oxidation sites excluding steroid dienone is 8. The Bertz CT molecular complexity index is 1570. The predicted octanol–water partition coefficient (Wildman–Crippen LogP) is 23.7. The van der Waals surface area contributed by atoms with Crippen LogP contribution in [0.3, 0.4) is 0 Å². The summed E-state index contributed by atoms with van der Waals surface area (Å²) in [6, 6.07) is 0. The van der Waals surface area contributed by atoms with Gasteiger partial charge in [-0.3, -0.25) is 9.59 Å². The first kappa shape index (κ1) is 84.2. The molecule has 0 rings (SSSR count). The molecule has 0 bridgehead atoms. The molecular weight excluding hydrogens is 1080 g/mol. The molecule has 0 spiro atoms. The monoisotopic (exact) mass is 1230 g/mol. The number of carboxylic acids is 1. The fourth-order valence-corrected chi connectivity index (χ4v) is 11.3. The zero-order valence-corrected chi connectivity index (χ0v) is 58.5. The summed E-state index contributed by atoms with van der Waals surface area (Å²) in [5.74, 6) is -1.98. The van der Waals surface area contributed by atoms with E-state index in [1.54, 1.807) is 0 Å². The highest BCUT2D eigenvalue weighted by Gasteiger charge is 2.25. The number of nitrogens with zero attached hydrogens (tertiary/aromatic N) is 1. The molecule has 0 fully saturated rings. The molecule has 0 saturated carbocycles. The maximum absolute atomic E-state index is 13.0. The molecule has 87 heavy (non-hydrogen) atoms. The van der Waals surface area contributed by atoms with Gasteiger partial charge in [0.05, 0.1) is 34.4 Å². The predicted molar refractivity (Wildman–Crippen MR) is 374 cm³/mol. The molecule has 0 aliphatic carbocycles. The average molecular weight is 1230 g/mol. The van der Waals surface area contributed by atoms with Crippen molar-refractivity contribution in [2.45, 2.75) is 386 Å². The molecule has 1 N–H and O–H groups in total. The summed E-state index contributed by atoms with van der Waals surface area (Å²) >= 11 is 0. The minimum Gasteiger partial charge on any atom is -0.477 e. The Balaban J connectivity index is 3.99. The van der Waals surface area contributed by atoms with E-state index in [9.17, 15) is 19.5 Å². The van der Waals surface area contributed by atoms with Crippen LogP contribution in [-0.4, -0.2) is 87.4 Å².